The highest BCUT2D eigenvalue weighted by molar-refractivity contribution is 7.85. The van der Waals surface area contributed by atoms with E-state index in [1.54, 1.807) is 7.11 Å². The molecule has 0 saturated carbocycles. The summed E-state index contributed by atoms with van der Waals surface area (Å²) in [5, 5.41) is 8.91. The predicted molar refractivity (Wildman–Crippen MR) is 77.5 cm³/mol. The first-order valence-corrected chi connectivity index (χ1v) is 7.74. The Hall–Kier alpha value is -1.34. The number of nitriles is 1. The van der Waals surface area contributed by atoms with Gasteiger partial charge in [-0.2, -0.15) is 5.26 Å². The Morgan fingerprint density at radius 2 is 1.89 bits per heavy atom. The van der Waals surface area contributed by atoms with Crippen molar-refractivity contribution in [3.8, 4) is 11.8 Å². The van der Waals surface area contributed by atoms with Gasteiger partial charge < -0.3 is 4.74 Å². The third-order valence-electron chi connectivity index (χ3n) is 3.01. The summed E-state index contributed by atoms with van der Waals surface area (Å²) in [4.78, 5) is 0.834. The molecule has 0 bridgehead atoms. The highest BCUT2D eigenvalue weighted by atomic mass is 32.2. The van der Waals surface area contributed by atoms with Crippen LogP contribution in [0.5, 0.6) is 5.75 Å². The van der Waals surface area contributed by atoms with E-state index in [9.17, 15) is 4.21 Å². The van der Waals surface area contributed by atoms with Crippen molar-refractivity contribution in [1.82, 2.24) is 0 Å². The normalized spacial score (nSPS) is 12.7. The predicted octanol–water partition coefficient (Wildman–Crippen LogP) is 3.52. The lowest BCUT2D eigenvalue weighted by molar-refractivity contribution is 0.414. The largest absolute Gasteiger partial charge is 0.497 e. The van der Waals surface area contributed by atoms with Crippen molar-refractivity contribution in [1.29, 1.82) is 5.26 Å². The van der Waals surface area contributed by atoms with Crippen molar-refractivity contribution in [3.63, 3.8) is 0 Å². The van der Waals surface area contributed by atoms with E-state index in [2.05, 4.69) is 6.07 Å². The number of benzene rings is 1. The Bertz CT molecular complexity index is 460. The van der Waals surface area contributed by atoms with Crippen molar-refractivity contribution < 1.29 is 8.95 Å². The topological polar surface area (TPSA) is 50.1 Å². The zero-order chi connectivity index (χ0) is 14.3. The van der Waals surface area contributed by atoms with Crippen molar-refractivity contribution in [2.24, 2.45) is 5.41 Å². The highest BCUT2D eigenvalue weighted by Gasteiger charge is 2.15. The zero-order valence-corrected chi connectivity index (χ0v) is 12.6. The minimum atomic E-state index is -0.962. The third-order valence-corrected chi connectivity index (χ3v) is 4.46. The van der Waals surface area contributed by atoms with Crippen LogP contribution in [0.3, 0.4) is 0 Å². The van der Waals surface area contributed by atoms with Gasteiger partial charge in [0.05, 0.1) is 29.4 Å². The molecule has 1 unspecified atom stereocenters. The van der Waals surface area contributed by atoms with Gasteiger partial charge in [0.25, 0.3) is 0 Å². The minimum absolute atomic E-state index is 0.276. The maximum Gasteiger partial charge on any atom is 0.118 e. The average molecular weight is 279 g/mol. The van der Waals surface area contributed by atoms with Crippen LogP contribution in [0.1, 0.15) is 33.1 Å². The average Bonchev–Trinajstić information content (AvgIpc) is 2.43. The summed E-state index contributed by atoms with van der Waals surface area (Å²) < 4.78 is 17.1. The van der Waals surface area contributed by atoms with E-state index >= 15 is 0 Å². The fraction of sp³-hybridized carbons (Fsp3) is 0.533. The van der Waals surface area contributed by atoms with Gasteiger partial charge in [-0.25, -0.2) is 0 Å². The number of methoxy groups -OCH3 is 1. The number of unbranched alkanes of at least 4 members (excludes halogenated alkanes) is 1. The lowest BCUT2D eigenvalue weighted by Crippen LogP contribution is -2.08. The quantitative estimate of drug-likeness (QED) is 0.717. The molecule has 0 fully saturated rings. The molecule has 0 aliphatic rings. The van der Waals surface area contributed by atoms with Crippen LogP contribution in [-0.4, -0.2) is 17.1 Å². The first-order valence-electron chi connectivity index (χ1n) is 6.42. The van der Waals surface area contributed by atoms with E-state index in [-0.39, 0.29) is 5.41 Å². The van der Waals surface area contributed by atoms with Crippen molar-refractivity contribution in [2.75, 3.05) is 12.9 Å². The fourth-order valence-corrected chi connectivity index (χ4v) is 2.84. The van der Waals surface area contributed by atoms with Crippen molar-refractivity contribution >= 4 is 10.8 Å². The molecule has 1 rings (SSSR count). The lowest BCUT2D eigenvalue weighted by atomic mass is 9.89. The maximum absolute atomic E-state index is 12.0. The Labute approximate surface area is 118 Å². The first-order chi connectivity index (χ1) is 8.98. The Morgan fingerprint density at radius 1 is 1.26 bits per heavy atom. The smallest absolute Gasteiger partial charge is 0.118 e. The molecule has 104 valence electrons. The number of nitrogens with zero attached hydrogens (tertiary/aromatic N) is 1. The van der Waals surface area contributed by atoms with E-state index in [0.717, 1.165) is 29.9 Å². The molecule has 4 heteroatoms. The van der Waals surface area contributed by atoms with E-state index in [1.165, 1.54) is 0 Å². The Kier molecular flexibility index (Phi) is 6.04. The van der Waals surface area contributed by atoms with Crippen LogP contribution < -0.4 is 4.74 Å². The molecule has 0 N–H and O–H groups in total. The molecular weight excluding hydrogens is 258 g/mol. The summed E-state index contributed by atoms with van der Waals surface area (Å²) >= 11 is 0. The van der Waals surface area contributed by atoms with E-state index < -0.39 is 10.8 Å². The maximum atomic E-state index is 12.0. The molecule has 0 saturated heterocycles. The zero-order valence-electron chi connectivity index (χ0n) is 11.8. The SMILES string of the molecule is COc1ccc(S(=O)CCCCC(C)(C)C#N)cc1. The van der Waals surface area contributed by atoms with E-state index in [0.29, 0.717) is 5.75 Å². The van der Waals surface area contributed by atoms with Crippen LogP contribution in [0, 0.1) is 16.7 Å². The van der Waals surface area contributed by atoms with Gasteiger partial charge in [0.1, 0.15) is 5.75 Å². The lowest BCUT2D eigenvalue weighted by Gasteiger charge is -2.14. The second-order valence-corrected chi connectivity index (χ2v) is 6.75. The van der Waals surface area contributed by atoms with E-state index in [1.807, 2.05) is 38.1 Å². The Morgan fingerprint density at radius 3 is 2.42 bits per heavy atom. The molecule has 1 aromatic carbocycles. The highest BCUT2D eigenvalue weighted by Crippen LogP contribution is 2.22. The summed E-state index contributed by atoms with van der Waals surface area (Å²) in [5.41, 5.74) is -0.276. The number of hydrogen-bond acceptors (Lipinski definition) is 3. The molecule has 0 amide bonds. The van der Waals surface area contributed by atoms with Crippen molar-refractivity contribution in [3.05, 3.63) is 24.3 Å². The first kappa shape index (κ1) is 15.7. The summed E-state index contributed by atoms with van der Waals surface area (Å²) in [6.45, 7) is 3.88. The summed E-state index contributed by atoms with van der Waals surface area (Å²) in [5.74, 6) is 1.42. The third kappa shape index (κ3) is 5.44. The number of rotatable bonds is 7. The molecule has 19 heavy (non-hydrogen) atoms. The molecule has 1 aromatic rings. The second kappa shape index (κ2) is 7.30. The molecule has 0 spiro atoms. The Balaban J connectivity index is 2.37. The summed E-state index contributed by atoms with van der Waals surface area (Å²) in [7, 11) is 0.652. The van der Waals surface area contributed by atoms with Crippen LogP contribution in [-0.2, 0) is 10.8 Å². The number of ether oxygens (including phenoxy) is 1. The fourth-order valence-electron chi connectivity index (χ4n) is 1.70. The van der Waals surface area contributed by atoms with Crippen LogP contribution in [0.2, 0.25) is 0 Å². The molecule has 0 heterocycles. The summed E-state index contributed by atoms with van der Waals surface area (Å²) in [6, 6.07) is 9.62. The van der Waals surface area contributed by atoms with Gasteiger partial charge in [0, 0.05) is 10.6 Å². The van der Waals surface area contributed by atoms with Crippen molar-refractivity contribution in [2.45, 2.75) is 38.0 Å². The molecule has 0 radical (unpaired) electrons. The van der Waals surface area contributed by atoms with E-state index in [4.69, 9.17) is 10.00 Å². The van der Waals surface area contributed by atoms with Gasteiger partial charge in [0.2, 0.25) is 0 Å². The number of hydrogen-bond donors (Lipinski definition) is 0. The van der Waals surface area contributed by atoms with Crippen LogP contribution in [0.4, 0.5) is 0 Å². The molecular formula is C15H21NO2S. The molecule has 0 aliphatic carbocycles. The van der Waals surface area contributed by atoms with Gasteiger partial charge in [-0.3, -0.25) is 4.21 Å². The van der Waals surface area contributed by atoms with Crippen LogP contribution in [0.15, 0.2) is 29.2 Å². The molecule has 0 aromatic heterocycles. The van der Waals surface area contributed by atoms with Gasteiger partial charge in [0.15, 0.2) is 0 Å². The van der Waals surface area contributed by atoms with Crippen LogP contribution >= 0.6 is 0 Å². The molecule has 3 nitrogen and oxygen atoms in total. The second-order valence-electron chi connectivity index (χ2n) is 5.18. The van der Waals surface area contributed by atoms with Gasteiger partial charge in [-0.05, 0) is 51.0 Å². The summed E-state index contributed by atoms with van der Waals surface area (Å²) in [6.07, 6.45) is 2.66. The minimum Gasteiger partial charge on any atom is -0.497 e. The molecule has 1 atom stereocenters. The molecule has 0 aliphatic heterocycles. The van der Waals surface area contributed by atoms with Crippen LogP contribution in [0.25, 0.3) is 0 Å². The van der Waals surface area contributed by atoms with Gasteiger partial charge >= 0.3 is 0 Å². The van der Waals surface area contributed by atoms with Gasteiger partial charge in [-0.1, -0.05) is 6.42 Å². The van der Waals surface area contributed by atoms with Gasteiger partial charge in [-0.15, -0.1) is 0 Å². The standard InChI is InChI=1S/C15H21NO2S/c1-15(2,12-16)10-4-5-11-19(17)14-8-6-13(18-3)7-9-14/h6-9H,4-5,10-11H2,1-3H3. The monoisotopic (exact) mass is 279 g/mol.